The highest BCUT2D eigenvalue weighted by molar-refractivity contribution is 8.93. The fourth-order valence-electron chi connectivity index (χ4n) is 0.440. The first-order valence-electron chi connectivity index (χ1n) is 2.25. The largest absolute Gasteiger partial charge is 0.273 e. The van der Waals surface area contributed by atoms with Crippen LogP contribution in [0.25, 0.3) is 0 Å². The van der Waals surface area contributed by atoms with Crippen LogP contribution in [-0.2, 0) is 7.05 Å². The van der Waals surface area contributed by atoms with Gasteiger partial charge in [-0.15, -0.1) is 17.0 Å². The molecule has 0 radical (unpaired) electrons. The smallest absolute Gasteiger partial charge is 0.0492 e. The van der Waals surface area contributed by atoms with Crippen molar-refractivity contribution in [2.45, 2.75) is 6.92 Å². The Morgan fingerprint density at radius 1 is 1.62 bits per heavy atom. The molecule has 0 atom stereocenters. The lowest BCUT2D eigenvalue weighted by atomic mass is 10.5. The van der Waals surface area contributed by atoms with Crippen LogP contribution in [0.4, 0.5) is 0 Å². The molecule has 0 aliphatic rings. The highest BCUT2D eigenvalue weighted by Crippen LogP contribution is 1.88. The lowest BCUT2D eigenvalue weighted by Gasteiger charge is -1.87. The lowest BCUT2D eigenvalue weighted by Crippen LogP contribution is -1.90. The normalized spacial score (nSPS) is 8.25. The van der Waals surface area contributed by atoms with E-state index in [9.17, 15) is 0 Å². The molecule has 0 amide bonds. The second-order valence-corrected chi connectivity index (χ2v) is 1.60. The number of aryl methyl sites for hydroxylation is 2. The van der Waals surface area contributed by atoms with Gasteiger partial charge < -0.3 is 0 Å². The number of halogens is 1. The summed E-state index contributed by atoms with van der Waals surface area (Å²) < 4.78 is 1.83. The van der Waals surface area contributed by atoms with E-state index >= 15 is 0 Å². The summed E-state index contributed by atoms with van der Waals surface area (Å²) in [5, 5.41) is 3.93. The summed E-state index contributed by atoms with van der Waals surface area (Å²) in [6, 6.07) is 1.97. The van der Waals surface area contributed by atoms with Crippen molar-refractivity contribution in [3.63, 3.8) is 0 Å². The molecule has 8 heavy (non-hydrogen) atoms. The van der Waals surface area contributed by atoms with Gasteiger partial charge in [0.1, 0.15) is 0 Å². The van der Waals surface area contributed by atoms with Crippen molar-refractivity contribution in [3.05, 3.63) is 18.0 Å². The van der Waals surface area contributed by atoms with Crippen molar-refractivity contribution in [1.82, 2.24) is 9.78 Å². The summed E-state index contributed by atoms with van der Waals surface area (Å²) in [5.74, 6) is 0. The van der Waals surface area contributed by atoms with Gasteiger partial charge in [0.2, 0.25) is 0 Å². The SMILES string of the molecule is Br.Cc1ccnn1C. The van der Waals surface area contributed by atoms with Crippen molar-refractivity contribution in [2.75, 3.05) is 0 Å². The van der Waals surface area contributed by atoms with E-state index in [0.717, 1.165) is 0 Å². The first kappa shape index (κ1) is 7.69. The fourth-order valence-corrected chi connectivity index (χ4v) is 0.440. The Morgan fingerprint density at radius 3 is 2.38 bits per heavy atom. The van der Waals surface area contributed by atoms with E-state index in [2.05, 4.69) is 5.10 Å². The topological polar surface area (TPSA) is 17.8 Å². The summed E-state index contributed by atoms with van der Waals surface area (Å²) in [7, 11) is 1.93. The first-order valence-corrected chi connectivity index (χ1v) is 2.25. The molecule has 0 aliphatic heterocycles. The summed E-state index contributed by atoms with van der Waals surface area (Å²) in [4.78, 5) is 0. The third-order valence-corrected chi connectivity index (χ3v) is 1.07. The van der Waals surface area contributed by atoms with Gasteiger partial charge in [-0.25, -0.2) is 0 Å². The van der Waals surface area contributed by atoms with Gasteiger partial charge >= 0.3 is 0 Å². The molecule has 0 saturated carbocycles. The number of aromatic nitrogens is 2. The summed E-state index contributed by atoms with van der Waals surface area (Å²) in [6.45, 7) is 2.02. The van der Waals surface area contributed by atoms with E-state index in [4.69, 9.17) is 0 Å². The van der Waals surface area contributed by atoms with Crippen molar-refractivity contribution < 1.29 is 0 Å². The van der Waals surface area contributed by atoms with Crippen LogP contribution in [0.2, 0.25) is 0 Å². The third kappa shape index (κ3) is 1.33. The van der Waals surface area contributed by atoms with Crippen LogP contribution in [0.1, 0.15) is 5.69 Å². The van der Waals surface area contributed by atoms with E-state index < -0.39 is 0 Å². The van der Waals surface area contributed by atoms with Crippen LogP contribution in [0.3, 0.4) is 0 Å². The Labute approximate surface area is 59.3 Å². The van der Waals surface area contributed by atoms with Crippen molar-refractivity contribution in [1.29, 1.82) is 0 Å². The first-order chi connectivity index (χ1) is 3.30. The fraction of sp³-hybridized carbons (Fsp3) is 0.400. The van der Waals surface area contributed by atoms with Gasteiger partial charge in [0.15, 0.2) is 0 Å². The molecule has 3 heteroatoms. The second kappa shape index (κ2) is 2.87. The van der Waals surface area contributed by atoms with Crippen molar-refractivity contribution in [2.24, 2.45) is 7.05 Å². The number of nitrogens with zero attached hydrogens (tertiary/aromatic N) is 2. The molecule has 46 valence electrons. The quantitative estimate of drug-likeness (QED) is 0.584. The lowest BCUT2D eigenvalue weighted by molar-refractivity contribution is 0.740. The number of rotatable bonds is 0. The minimum Gasteiger partial charge on any atom is -0.273 e. The maximum Gasteiger partial charge on any atom is 0.0492 e. The predicted molar refractivity (Wildman–Crippen MR) is 38.3 cm³/mol. The Morgan fingerprint density at radius 2 is 2.25 bits per heavy atom. The van der Waals surface area contributed by atoms with Gasteiger partial charge in [-0.1, -0.05) is 0 Å². The monoisotopic (exact) mass is 176 g/mol. The Hall–Kier alpha value is -0.310. The average Bonchev–Trinajstić information content (AvgIpc) is 1.91. The third-order valence-electron chi connectivity index (χ3n) is 1.07. The molecule has 1 rings (SSSR count). The zero-order valence-electron chi connectivity index (χ0n) is 4.96. The molecule has 0 aromatic carbocycles. The van der Waals surface area contributed by atoms with E-state index in [0.29, 0.717) is 0 Å². The molecule has 0 fully saturated rings. The molecule has 0 bridgehead atoms. The van der Waals surface area contributed by atoms with Crippen LogP contribution in [-0.4, -0.2) is 9.78 Å². The average molecular weight is 177 g/mol. The molecular weight excluding hydrogens is 168 g/mol. The van der Waals surface area contributed by atoms with E-state index in [-0.39, 0.29) is 17.0 Å². The molecule has 2 nitrogen and oxygen atoms in total. The standard InChI is InChI=1S/C5H8N2.BrH/c1-5-3-4-6-7(5)2;/h3-4H,1-2H3;1H. The predicted octanol–water partition coefficient (Wildman–Crippen LogP) is 1.31. The molecule has 1 heterocycles. The highest BCUT2D eigenvalue weighted by Gasteiger charge is 1.83. The second-order valence-electron chi connectivity index (χ2n) is 1.60. The Bertz CT molecular complexity index is 143. The maximum absolute atomic E-state index is 3.93. The zero-order valence-corrected chi connectivity index (χ0v) is 6.67. The summed E-state index contributed by atoms with van der Waals surface area (Å²) >= 11 is 0. The molecule has 1 aromatic rings. The Balaban J connectivity index is 0.000000490. The van der Waals surface area contributed by atoms with Gasteiger partial charge in [-0.3, -0.25) is 4.68 Å². The molecule has 0 saturated heterocycles. The van der Waals surface area contributed by atoms with E-state index in [1.807, 2.05) is 24.7 Å². The van der Waals surface area contributed by atoms with E-state index in [1.165, 1.54) is 5.69 Å². The van der Waals surface area contributed by atoms with Gasteiger partial charge in [0.25, 0.3) is 0 Å². The summed E-state index contributed by atoms with van der Waals surface area (Å²) in [6.07, 6.45) is 1.79. The minimum atomic E-state index is 0. The number of hydrogen-bond donors (Lipinski definition) is 0. The minimum absolute atomic E-state index is 0. The van der Waals surface area contributed by atoms with Gasteiger partial charge in [-0.05, 0) is 13.0 Å². The van der Waals surface area contributed by atoms with Gasteiger partial charge in [0.05, 0.1) is 0 Å². The van der Waals surface area contributed by atoms with Crippen LogP contribution in [0, 0.1) is 6.92 Å². The molecule has 0 spiro atoms. The van der Waals surface area contributed by atoms with Crippen LogP contribution < -0.4 is 0 Å². The molecule has 0 aliphatic carbocycles. The highest BCUT2D eigenvalue weighted by atomic mass is 79.9. The zero-order chi connectivity index (χ0) is 5.28. The molecule has 0 unspecified atom stereocenters. The van der Waals surface area contributed by atoms with Crippen LogP contribution >= 0.6 is 17.0 Å². The van der Waals surface area contributed by atoms with Gasteiger partial charge in [-0.2, -0.15) is 5.10 Å². The van der Waals surface area contributed by atoms with E-state index in [1.54, 1.807) is 6.20 Å². The van der Waals surface area contributed by atoms with Gasteiger partial charge in [0, 0.05) is 18.9 Å². The van der Waals surface area contributed by atoms with Crippen LogP contribution in [0.5, 0.6) is 0 Å². The van der Waals surface area contributed by atoms with Crippen LogP contribution in [0.15, 0.2) is 12.3 Å². The maximum atomic E-state index is 3.93. The number of hydrogen-bond acceptors (Lipinski definition) is 1. The summed E-state index contributed by atoms with van der Waals surface area (Å²) in [5.41, 5.74) is 1.19. The Kier molecular flexibility index (Phi) is 2.76. The molecule has 1 aromatic heterocycles. The van der Waals surface area contributed by atoms with Crippen molar-refractivity contribution in [3.8, 4) is 0 Å². The van der Waals surface area contributed by atoms with Crippen molar-refractivity contribution >= 4 is 17.0 Å². The molecule has 0 N–H and O–H groups in total. The molecular formula is C5H9BrN2.